The Hall–Kier alpha value is -0.200. The van der Waals surface area contributed by atoms with Gasteiger partial charge in [-0.1, -0.05) is 13.8 Å². The number of allylic oxidation sites excluding steroid dienone is 1. The fourth-order valence-electron chi connectivity index (χ4n) is 0.589. The van der Waals surface area contributed by atoms with Gasteiger partial charge in [-0.05, 0) is 23.0 Å². The fourth-order valence-corrected chi connectivity index (χ4v) is 1.27. The molecule has 0 aromatic carbocycles. The van der Waals surface area contributed by atoms with Crippen LogP contribution in [0.15, 0.2) is 11.4 Å². The predicted molar refractivity (Wildman–Crippen MR) is 38.5 cm³/mol. The lowest BCUT2D eigenvalue weighted by Crippen LogP contribution is -1.73. The van der Waals surface area contributed by atoms with Gasteiger partial charge in [-0.15, -0.1) is 0 Å². The normalized spacial score (nSPS) is 10.8. The summed E-state index contributed by atoms with van der Waals surface area (Å²) in [5.74, 6) is 1.43. The Balaban J connectivity index is 3.91. The molecular weight excluding hydrogens is 135 g/mol. The van der Waals surface area contributed by atoms with Gasteiger partial charge in [0, 0.05) is 0 Å². The Kier molecular flexibility index (Phi) is 4.55. The average Bonchev–Trinajstić information content (AvgIpc) is 1.82. The molecule has 1 unspecified atom stereocenters. The van der Waals surface area contributed by atoms with Gasteiger partial charge in [-0.25, -0.2) is 0 Å². The first-order valence-electron chi connectivity index (χ1n) is 3.05. The van der Waals surface area contributed by atoms with Crippen LogP contribution in [-0.2, 0) is 4.57 Å². The second kappa shape index (κ2) is 4.66. The van der Waals surface area contributed by atoms with Crippen molar-refractivity contribution in [1.82, 2.24) is 0 Å². The highest BCUT2D eigenvalue weighted by Gasteiger charge is 2.05. The molecule has 2 nitrogen and oxygen atoms in total. The second-order valence-electron chi connectivity index (χ2n) is 1.80. The van der Waals surface area contributed by atoms with Crippen LogP contribution in [0.3, 0.4) is 0 Å². The molecule has 0 aliphatic heterocycles. The summed E-state index contributed by atoms with van der Waals surface area (Å²) in [6, 6.07) is 0. The van der Waals surface area contributed by atoms with Crippen LogP contribution in [0.2, 0.25) is 0 Å². The molecule has 52 valence electrons. The predicted octanol–water partition coefficient (Wildman–Crippen LogP) is 2.42. The molecule has 0 heterocycles. The molecule has 0 fully saturated rings. The van der Waals surface area contributed by atoms with Crippen molar-refractivity contribution in [3.8, 4) is 0 Å². The lowest BCUT2D eigenvalue weighted by atomic mass is 10.2. The second-order valence-corrected chi connectivity index (χ2v) is 2.66. The van der Waals surface area contributed by atoms with Crippen LogP contribution in [0.4, 0.5) is 0 Å². The van der Waals surface area contributed by atoms with Crippen LogP contribution in [0, 0.1) is 0 Å². The zero-order valence-electron chi connectivity index (χ0n) is 5.79. The van der Waals surface area contributed by atoms with E-state index in [1.165, 1.54) is 5.82 Å². The van der Waals surface area contributed by atoms with E-state index in [1.54, 1.807) is 0 Å². The highest BCUT2D eigenvalue weighted by molar-refractivity contribution is 7.41. The van der Waals surface area contributed by atoms with E-state index in [4.69, 9.17) is 4.89 Å². The summed E-state index contributed by atoms with van der Waals surface area (Å²) in [7, 11) is -2.06. The average molecular weight is 147 g/mol. The molecule has 0 radical (unpaired) electrons. The maximum Gasteiger partial charge on any atom is 0.538 e. The van der Waals surface area contributed by atoms with Crippen molar-refractivity contribution in [1.29, 1.82) is 0 Å². The van der Waals surface area contributed by atoms with Gasteiger partial charge < -0.3 is 0 Å². The third kappa shape index (κ3) is 4.31. The molecule has 0 aliphatic carbocycles. The Morgan fingerprint density at radius 3 is 2.11 bits per heavy atom. The maximum atomic E-state index is 10.2. The molecule has 0 saturated carbocycles. The van der Waals surface area contributed by atoms with E-state index in [-0.39, 0.29) is 0 Å². The van der Waals surface area contributed by atoms with Crippen LogP contribution >= 0.6 is 8.03 Å². The number of rotatable bonds is 3. The molecule has 0 aromatic rings. The molecule has 1 atom stereocenters. The summed E-state index contributed by atoms with van der Waals surface area (Å²) in [6.45, 7) is 3.96. The van der Waals surface area contributed by atoms with E-state index in [9.17, 15) is 4.57 Å². The molecule has 0 spiro atoms. The van der Waals surface area contributed by atoms with Crippen LogP contribution in [-0.4, -0.2) is 4.89 Å². The molecule has 3 heteroatoms. The van der Waals surface area contributed by atoms with E-state index in [0.29, 0.717) is 0 Å². The van der Waals surface area contributed by atoms with Gasteiger partial charge in [0.15, 0.2) is 5.82 Å². The van der Waals surface area contributed by atoms with Crippen molar-refractivity contribution < 1.29 is 9.46 Å². The number of hydrogen-bond acceptors (Lipinski definition) is 1. The molecule has 9 heavy (non-hydrogen) atoms. The maximum absolute atomic E-state index is 10.2. The standard InChI is InChI=1S/C6H11O2P/c1-3-6(4-2)5-9(7)8/h5H,3-4H2,1-2H3/p+1. The topological polar surface area (TPSA) is 37.3 Å². The van der Waals surface area contributed by atoms with Gasteiger partial charge in [0.25, 0.3) is 0 Å². The van der Waals surface area contributed by atoms with Gasteiger partial charge in [-0.2, -0.15) is 4.89 Å². The smallest absolute Gasteiger partial charge is 0.157 e. The molecule has 1 N–H and O–H groups in total. The zero-order valence-corrected chi connectivity index (χ0v) is 6.69. The molecule has 0 amide bonds. The SMILES string of the molecule is CCC(=C[P+](=O)O)CC. The summed E-state index contributed by atoms with van der Waals surface area (Å²) in [6.07, 6.45) is 1.75. The lowest BCUT2D eigenvalue weighted by molar-refractivity contribution is 0.512. The Bertz CT molecular complexity index is 123. The minimum Gasteiger partial charge on any atom is -0.157 e. The Morgan fingerprint density at radius 1 is 1.56 bits per heavy atom. The zero-order chi connectivity index (χ0) is 7.28. The number of hydrogen-bond donors (Lipinski definition) is 1. The monoisotopic (exact) mass is 147 g/mol. The third-order valence-corrected chi connectivity index (χ3v) is 1.79. The van der Waals surface area contributed by atoms with Gasteiger partial charge in [0.2, 0.25) is 0 Å². The highest BCUT2D eigenvalue weighted by atomic mass is 31.1. The summed E-state index contributed by atoms with van der Waals surface area (Å²) >= 11 is 0. The summed E-state index contributed by atoms with van der Waals surface area (Å²) < 4.78 is 10.2. The van der Waals surface area contributed by atoms with Crippen molar-refractivity contribution in [3.63, 3.8) is 0 Å². The summed E-state index contributed by atoms with van der Waals surface area (Å²) in [5, 5.41) is 0. The summed E-state index contributed by atoms with van der Waals surface area (Å²) in [5.41, 5.74) is 1.05. The molecule has 0 aliphatic rings. The Labute approximate surface area is 56.5 Å². The lowest BCUT2D eigenvalue weighted by Gasteiger charge is -1.89. The van der Waals surface area contributed by atoms with E-state index in [1.807, 2.05) is 13.8 Å². The summed E-state index contributed by atoms with van der Waals surface area (Å²) in [4.78, 5) is 8.42. The molecular formula is C6H12O2P+. The largest absolute Gasteiger partial charge is 0.538 e. The third-order valence-electron chi connectivity index (χ3n) is 1.20. The minimum atomic E-state index is -2.06. The van der Waals surface area contributed by atoms with Crippen LogP contribution < -0.4 is 0 Å². The first kappa shape index (κ1) is 8.80. The van der Waals surface area contributed by atoms with Gasteiger partial charge in [0.1, 0.15) is 0 Å². The fraction of sp³-hybridized carbons (Fsp3) is 0.667. The van der Waals surface area contributed by atoms with Crippen molar-refractivity contribution in [2.45, 2.75) is 26.7 Å². The minimum absolute atomic E-state index is 0.873. The van der Waals surface area contributed by atoms with Gasteiger partial charge in [-0.3, -0.25) is 0 Å². The quantitative estimate of drug-likeness (QED) is 0.622. The van der Waals surface area contributed by atoms with E-state index in [0.717, 1.165) is 18.4 Å². The van der Waals surface area contributed by atoms with Crippen LogP contribution in [0.25, 0.3) is 0 Å². The van der Waals surface area contributed by atoms with E-state index < -0.39 is 8.03 Å². The van der Waals surface area contributed by atoms with Crippen LogP contribution in [0.5, 0.6) is 0 Å². The Morgan fingerprint density at radius 2 is 2.00 bits per heavy atom. The van der Waals surface area contributed by atoms with Gasteiger partial charge >= 0.3 is 8.03 Å². The first-order chi connectivity index (χ1) is 4.20. The van der Waals surface area contributed by atoms with Crippen molar-refractivity contribution in [3.05, 3.63) is 11.4 Å². The van der Waals surface area contributed by atoms with Crippen molar-refractivity contribution in [2.24, 2.45) is 0 Å². The van der Waals surface area contributed by atoms with Crippen molar-refractivity contribution in [2.75, 3.05) is 0 Å². The first-order valence-corrected chi connectivity index (χ1v) is 4.33. The molecule has 0 bridgehead atoms. The van der Waals surface area contributed by atoms with Crippen molar-refractivity contribution >= 4 is 8.03 Å². The van der Waals surface area contributed by atoms with E-state index in [2.05, 4.69) is 0 Å². The van der Waals surface area contributed by atoms with E-state index >= 15 is 0 Å². The molecule has 0 saturated heterocycles. The highest BCUT2D eigenvalue weighted by Crippen LogP contribution is 2.20. The molecule has 0 aromatic heterocycles. The molecule has 0 rings (SSSR count). The van der Waals surface area contributed by atoms with Crippen LogP contribution in [0.1, 0.15) is 26.7 Å². The van der Waals surface area contributed by atoms with Gasteiger partial charge in [0.05, 0.1) is 0 Å².